The topological polar surface area (TPSA) is 77.1 Å². The zero-order chi connectivity index (χ0) is 27.5. The smallest absolute Gasteiger partial charge is 0.264 e. The first kappa shape index (κ1) is 26.4. The van der Waals surface area contributed by atoms with Crippen molar-refractivity contribution in [2.75, 3.05) is 50.7 Å². The average molecular weight is 556 g/mol. The second kappa shape index (κ2) is 11.7. The van der Waals surface area contributed by atoms with Gasteiger partial charge in [-0.2, -0.15) is 0 Å². The third-order valence-electron chi connectivity index (χ3n) is 8.10. The molecular formula is C31H33N5O3S. The SMILES string of the molecule is O=C(C1CCN(c2cccc3c2C(=O)N(Cc2nccs2)C3=O)CC1)N1CCN(CC=Cc2ccccc2)CC1. The predicted octanol–water partition coefficient (Wildman–Crippen LogP) is 4.01. The Hall–Kier alpha value is -3.82. The first-order valence-electron chi connectivity index (χ1n) is 13.9. The number of hydrogen-bond acceptors (Lipinski definition) is 7. The summed E-state index contributed by atoms with van der Waals surface area (Å²) >= 11 is 1.43. The van der Waals surface area contributed by atoms with Crippen LogP contribution in [0.15, 0.2) is 66.2 Å². The van der Waals surface area contributed by atoms with Gasteiger partial charge in [-0.1, -0.05) is 48.6 Å². The lowest BCUT2D eigenvalue weighted by Gasteiger charge is -2.39. The van der Waals surface area contributed by atoms with E-state index in [0.29, 0.717) is 24.2 Å². The fourth-order valence-corrected chi connectivity index (χ4v) is 6.47. The highest BCUT2D eigenvalue weighted by Gasteiger charge is 2.39. The number of piperidine rings is 1. The Morgan fingerprint density at radius 3 is 2.42 bits per heavy atom. The molecule has 0 bridgehead atoms. The van der Waals surface area contributed by atoms with Gasteiger partial charge in [-0.15, -0.1) is 11.3 Å². The molecule has 1 aromatic heterocycles. The summed E-state index contributed by atoms with van der Waals surface area (Å²) in [4.78, 5) is 51.8. The minimum Gasteiger partial charge on any atom is -0.371 e. The van der Waals surface area contributed by atoms with Crippen LogP contribution in [-0.2, 0) is 11.3 Å². The first-order valence-corrected chi connectivity index (χ1v) is 14.8. The highest BCUT2D eigenvalue weighted by Crippen LogP contribution is 2.35. The maximum absolute atomic E-state index is 13.3. The molecule has 0 N–H and O–H groups in total. The van der Waals surface area contributed by atoms with E-state index in [2.05, 4.69) is 39.1 Å². The Balaban J connectivity index is 1.02. The van der Waals surface area contributed by atoms with E-state index in [1.165, 1.54) is 21.8 Å². The highest BCUT2D eigenvalue weighted by atomic mass is 32.1. The van der Waals surface area contributed by atoms with Gasteiger partial charge in [0.1, 0.15) is 5.01 Å². The Labute approximate surface area is 238 Å². The minimum atomic E-state index is -0.267. The van der Waals surface area contributed by atoms with E-state index in [0.717, 1.165) is 56.3 Å². The average Bonchev–Trinajstić information content (AvgIpc) is 3.61. The molecule has 9 heteroatoms. The second-order valence-electron chi connectivity index (χ2n) is 10.5. The molecule has 3 amide bonds. The van der Waals surface area contributed by atoms with E-state index < -0.39 is 0 Å². The van der Waals surface area contributed by atoms with Crippen LogP contribution in [0.25, 0.3) is 6.08 Å². The fourth-order valence-electron chi connectivity index (χ4n) is 5.87. The molecule has 3 aliphatic rings. The molecule has 2 fully saturated rings. The van der Waals surface area contributed by atoms with Crippen molar-refractivity contribution in [2.45, 2.75) is 19.4 Å². The maximum Gasteiger partial charge on any atom is 0.264 e. The predicted molar refractivity (Wildman–Crippen MR) is 156 cm³/mol. The largest absolute Gasteiger partial charge is 0.371 e. The second-order valence-corrected chi connectivity index (χ2v) is 11.5. The highest BCUT2D eigenvalue weighted by molar-refractivity contribution is 7.09. The number of piperazine rings is 1. The maximum atomic E-state index is 13.3. The molecule has 0 atom stereocenters. The van der Waals surface area contributed by atoms with Gasteiger partial charge < -0.3 is 9.80 Å². The molecule has 3 aromatic rings. The lowest BCUT2D eigenvalue weighted by atomic mass is 9.93. The summed E-state index contributed by atoms with van der Waals surface area (Å²) in [6, 6.07) is 15.8. The molecule has 6 rings (SSSR count). The number of imide groups is 1. The molecule has 206 valence electrons. The quantitative estimate of drug-likeness (QED) is 0.410. The van der Waals surface area contributed by atoms with E-state index in [1.54, 1.807) is 12.3 Å². The van der Waals surface area contributed by atoms with Crippen molar-refractivity contribution in [1.82, 2.24) is 19.7 Å². The fraction of sp³-hybridized carbons (Fsp3) is 0.355. The molecule has 2 saturated heterocycles. The molecule has 0 unspecified atom stereocenters. The van der Waals surface area contributed by atoms with Gasteiger partial charge in [0, 0.05) is 63.3 Å². The van der Waals surface area contributed by atoms with Gasteiger partial charge in [-0.3, -0.25) is 24.2 Å². The molecule has 8 nitrogen and oxygen atoms in total. The van der Waals surface area contributed by atoms with Crippen molar-refractivity contribution in [3.63, 3.8) is 0 Å². The Morgan fingerprint density at radius 1 is 0.925 bits per heavy atom. The number of aromatic nitrogens is 1. The monoisotopic (exact) mass is 555 g/mol. The van der Waals surface area contributed by atoms with Crippen LogP contribution >= 0.6 is 11.3 Å². The molecule has 40 heavy (non-hydrogen) atoms. The van der Waals surface area contributed by atoms with Crippen molar-refractivity contribution in [1.29, 1.82) is 0 Å². The Morgan fingerprint density at radius 2 is 1.70 bits per heavy atom. The number of thiazole rings is 1. The van der Waals surface area contributed by atoms with E-state index in [1.807, 2.05) is 40.6 Å². The van der Waals surface area contributed by atoms with Gasteiger partial charge in [-0.25, -0.2) is 4.98 Å². The number of amides is 3. The summed E-state index contributed by atoms with van der Waals surface area (Å²) in [6.45, 7) is 5.73. The summed E-state index contributed by atoms with van der Waals surface area (Å²) in [5, 5.41) is 2.58. The summed E-state index contributed by atoms with van der Waals surface area (Å²) in [5.74, 6) is -0.285. The van der Waals surface area contributed by atoms with E-state index in [9.17, 15) is 14.4 Å². The summed E-state index contributed by atoms with van der Waals surface area (Å²) in [5.41, 5.74) is 2.92. The van der Waals surface area contributed by atoms with Gasteiger partial charge >= 0.3 is 0 Å². The van der Waals surface area contributed by atoms with Gasteiger partial charge in [0.25, 0.3) is 11.8 Å². The van der Waals surface area contributed by atoms with Crippen LogP contribution in [0.3, 0.4) is 0 Å². The van der Waals surface area contributed by atoms with Gasteiger partial charge in [0.15, 0.2) is 0 Å². The van der Waals surface area contributed by atoms with Crippen molar-refractivity contribution in [3.8, 4) is 0 Å². The van der Waals surface area contributed by atoms with Crippen molar-refractivity contribution in [3.05, 3.63) is 87.9 Å². The lowest BCUT2D eigenvalue weighted by molar-refractivity contribution is -0.137. The molecule has 0 radical (unpaired) electrons. The molecule has 0 spiro atoms. The summed E-state index contributed by atoms with van der Waals surface area (Å²) in [6.07, 6.45) is 7.51. The number of rotatable bonds is 7. The molecular weight excluding hydrogens is 522 g/mol. The van der Waals surface area contributed by atoms with Crippen molar-refractivity contribution in [2.24, 2.45) is 5.92 Å². The zero-order valence-electron chi connectivity index (χ0n) is 22.4. The van der Waals surface area contributed by atoms with Crippen LogP contribution in [0.4, 0.5) is 5.69 Å². The number of hydrogen-bond donors (Lipinski definition) is 0. The van der Waals surface area contributed by atoms with Gasteiger partial charge in [0.05, 0.1) is 23.4 Å². The normalized spacial score (nSPS) is 18.6. The lowest BCUT2D eigenvalue weighted by Crippen LogP contribution is -2.51. The molecule has 4 heterocycles. The number of fused-ring (bicyclic) bond motifs is 1. The minimum absolute atomic E-state index is 0.00345. The van der Waals surface area contributed by atoms with Crippen LogP contribution in [0.2, 0.25) is 0 Å². The van der Waals surface area contributed by atoms with E-state index >= 15 is 0 Å². The van der Waals surface area contributed by atoms with Crippen LogP contribution in [0.1, 0.15) is 44.1 Å². The first-order chi connectivity index (χ1) is 19.6. The number of carbonyl (C=O) groups is 3. The van der Waals surface area contributed by atoms with Crippen molar-refractivity contribution < 1.29 is 14.4 Å². The molecule has 0 aliphatic carbocycles. The number of anilines is 1. The van der Waals surface area contributed by atoms with Crippen LogP contribution in [0.5, 0.6) is 0 Å². The van der Waals surface area contributed by atoms with E-state index in [-0.39, 0.29) is 30.2 Å². The van der Waals surface area contributed by atoms with Crippen molar-refractivity contribution >= 4 is 40.8 Å². The third-order valence-corrected chi connectivity index (χ3v) is 8.86. The third kappa shape index (κ3) is 5.44. The molecule has 0 saturated carbocycles. The Kier molecular flexibility index (Phi) is 7.75. The summed E-state index contributed by atoms with van der Waals surface area (Å²) in [7, 11) is 0. The van der Waals surface area contributed by atoms with Crippen LogP contribution < -0.4 is 4.90 Å². The van der Waals surface area contributed by atoms with Crippen LogP contribution in [0, 0.1) is 5.92 Å². The van der Waals surface area contributed by atoms with Gasteiger partial charge in [0.2, 0.25) is 5.91 Å². The summed E-state index contributed by atoms with van der Waals surface area (Å²) < 4.78 is 0. The standard InChI is InChI=1S/C31H33N5O3S/c37-29(35-19-17-33(18-20-35)14-5-8-23-6-2-1-3-7-23)24-11-15-34(16-12-24)26-10-4-9-25-28(26)31(39)36(30(25)38)22-27-32-13-21-40-27/h1-10,13,21,24H,11-12,14-20,22H2. The Bertz CT molecular complexity index is 1390. The van der Waals surface area contributed by atoms with Gasteiger partial charge in [-0.05, 0) is 30.5 Å². The number of carbonyl (C=O) groups excluding carboxylic acids is 3. The molecule has 3 aliphatic heterocycles. The number of benzene rings is 2. The molecule has 2 aromatic carbocycles. The van der Waals surface area contributed by atoms with Crippen LogP contribution in [-0.4, -0.2) is 83.2 Å². The number of nitrogens with zero attached hydrogens (tertiary/aromatic N) is 5. The zero-order valence-corrected chi connectivity index (χ0v) is 23.3. The van der Waals surface area contributed by atoms with E-state index in [4.69, 9.17) is 0 Å².